The monoisotopic (exact) mass is 427 g/mol. The number of nitrogens with zero attached hydrogens (tertiary/aromatic N) is 1. The second-order valence-corrected chi connectivity index (χ2v) is 8.56. The maximum absolute atomic E-state index is 12.6. The van der Waals surface area contributed by atoms with Crippen LogP contribution in [0.25, 0.3) is 10.2 Å². The van der Waals surface area contributed by atoms with E-state index in [4.69, 9.17) is 9.47 Å². The van der Waals surface area contributed by atoms with E-state index in [-0.39, 0.29) is 17.9 Å². The lowest BCUT2D eigenvalue weighted by atomic mass is 9.97. The summed E-state index contributed by atoms with van der Waals surface area (Å²) in [4.78, 5) is 34.7. The third-order valence-electron chi connectivity index (χ3n) is 5.47. The van der Waals surface area contributed by atoms with Crippen LogP contribution < -0.4 is 20.3 Å². The van der Waals surface area contributed by atoms with E-state index in [2.05, 4.69) is 15.3 Å². The summed E-state index contributed by atoms with van der Waals surface area (Å²) < 4.78 is 10.6. The topological polar surface area (TPSA) is 93.3 Å². The van der Waals surface area contributed by atoms with Gasteiger partial charge in [-0.05, 0) is 49.8 Å². The number of rotatable bonds is 6. The molecule has 0 saturated heterocycles. The summed E-state index contributed by atoms with van der Waals surface area (Å²) in [5.74, 6) is 1.56. The summed E-state index contributed by atoms with van der Waals surface area (Å²) in [6.07, 6.45) is 4.85. The number of aryl methyl sites for hydroxylation is 4. The predicted molar refractivity (Wildman–Crippen MR) is 118 cm³/mol. The summed E-state index contributed by atoms with van der Waals surface area (Å²) in [6.45, 7) is 1.89. The Kier molecular flexibility index (Phi) is 5.76. The highest BCUT2D eigenvalue weighted by molar-refractivity contribution is 7.18. The molecule has 1 aliphatic carbocycles. The Hall–Kier alpha value is -2.87. The summed E-state index contributed by atoms with van der Waals surface area (Å²) in [5.41, 5.74) is 2.62. The SMILES string of the molecule is COc1cc(C)c(NC(=O)CCc2nc3sc4c(c3c(=O)[nH]2)CCCC4)cc1OC. The van der Waals surface area contributed by atoms with Gasteiger partial charge in [0.25, 0.3) is 5.56 Å². The third kappa shape index (κ3) is 3.92. The van der Waals surface area contributed by atoms with Crippen molar-refractivity contribution in [1.82, 2.24) is 9.97 Å². The zero-order chi connectivity index (χ0) is 21.3. The van der Waals surface area contributed by atoms with Crippen molar-refractivity contribution in [2.75, 3.05) is 19.5 Å². The Morgan fingerprint density at radius 1 is 1.20 bits per heavy atom. The number of anilines is 1. The largest absolute Gasteiger partial charge is 0.493 e. The number of aromatic nitrogens is 2. The molecule has 0 bridgehead atoms. The van der Waals surface area contributed by atoms with Crippen LogP contribution in [0.4, 0.5) is 5.69 Å². The Balaban J connectivity index is 1.48. The number of nitrogens with one attached hydrogen (secondary N) is 2. The first-order chi connectivity index (χ1) is 14.5. The van der Waals surface area contributed by atoms with Crippen molar-refractivity contribution in [3.05, 3.63) is 44.3 Å². The molecule has 30 heavy (non-hydrogen) atoms. The fraction of sp³-hybridized carbons (Fsp3) is 0.409. The molecular formula is C22H25N3O4S. The molecule has 0 fully saturated rings. The Labute approximate surface area is 178 Å². The molecule has 4 rings (SSSR count). The molecule has 1 aromatic carbocycles. The van der Waals surface area contributed by atoms with E-state index in [9.17, 15) is 9.59 Å². The van der Waals surface area contributed by atoms with Crippen molar-refractivity contribution >= 4 is 33.1 Å². The highest BCUT2D eigenvalue weighted by atomic mass is 32.1. The molecule has 0 spiro atoms. The molecule has 1 amide bonds. The van der Waals surface area contributed by atoms with Crippen LogP contribution in [0.3, 0.4) is 0 Å². The first-order valence-electron chi connectivity index (χ1n) is 10.1. The molecule has 0 unspecified atom stereocenters. The quantitative estimate of drug-likeness (QED) is 0.625. The zero-order valence-electron chi connectivity index (χ0n) is 17.4. The van der Waals surface area contributed by atoms with Crippen LogP contribution in [0.2, 0.25) is 0 Å². The van der Waals surface area contributed by atoms with Gasteiger partial charge in [-0.15, -0.1) is 11.3 Å². The fourth-order valence-corrected chi connectivity index (χ4v) is 5.17. The second kappa shape index (κ2) is 8.47. The van der Waals surface area contributed by atoms with Gasteiger partial charge in [-0.3, -0.25) is 9.59 Å². The molecule has 2 aromatic heterocycles. The molecule has 1 aliphatic rings. The molecule has 2 N–H and O–H groups in total. The van der Waals surface area contributed by atoms with Gasteiger partial charge in [0.2, 0.25) is 5.91 Å². The fourth-order valence-electron chi connectivity index (χ4n) is 3.89. The second-order valence-electron chi connectivity index (χ2n) is 7.47. The van der Waals surface area contributed by atoms with Crippen molar-refractivity contribution < 1.29 is 14.3 Å². The van der Waals surface area contributed by atoms with Gasteiger partial charge in [-0.2, -0.15) is 0 Å². The van der Waals surface area contributed by atoms with E-state index in [0.29, 0.717) is 29.4 Å². The maximum Gasteiger partial charge on any atom is 0.259 e. The van der Waals surface area contributed by atoms with Crippen LogP contribution in [-0.2, 0) is 24.1 Å². The summed E-state index contributed by atoms with van der Waals surface area (Å²) in [5, 5.41) is 3.65. The van der Waals surface area contributed by atoms with Crippen molar-refractivity contribution in [1.29, 1.82) is 0 Å². The smallest absolute Gasteiger partial charge is 0.259 e. The lowest BCUT2D eigenvalue weighted by Crippen LogP contribution is -2.17. The molecule has 8 heteroatoms. The Morgan fingerprint density at radius 3 is 2.70 bits per heavy atom. The van der Waals surface area contributed by atoms with Crippen LogP contribution in [0.15, 0.2) is 16.9 Å². The molecular weight excluding hydrogens is 402 g/mol. The lowest BCUT2D eigenvalue weighted by Gasteiger charge is -2.13. The Bertz CT molecular complexity index is 1170. The first-order valence-corrected chi connectivity index (χ1v) is 10.9. The van der Waals surface area contributed by atoms with Gasteiger partial charge in [-0.1, -0.05) is 0 Å². The minimum absolute atomic E-state index is 0.0921. The lowest BCUT2D eigenvalue weighted by molar-refractivity contribution is -0.116. The average Bonchev–Trinajstić information content (AvgIpc) is 3.12. The normalized spacial score (nSPS) is 13.2. The van der Waals surface area contributed by atoms with Crippen molar-refractivity contribution in [3.8, 4) is 11.5 Å². The van der Waals surface area contributed by atoms with E-state index in [1.807, 2.05) is 13.0 Å². The average molecular weight is 428 g/mol. The number of hydrogen-bond acceptors (Lipinski definition) is 6. The highest BCUT2D eigenvalue weighted by Gasteiger charge is 2.20. The van der Waals surface area contributed by atoms with E-state index in [1.54, 1.807) is 31.6 Å². The zero-order valence-corrected chi connectivity index (χ0v) is 18.2. The van der Waals surface area contributed by atoms with E-state index < -0.39 is 0 Å². The number of benzene rings is 1. The number of hydrogen-bond donors (Lipinski definition) is 2. The van der Waals surface area contributed by atoms with Crippen molar-refractivity contribution in [3.63, 3.8) is 0 Å². The minimum Gasteiger partial charge on any atom is -0.493 e. The minimum atomic E-state index is -0.154. The molecule has 0 saturated carbocycles. The molecule has 3 aromatic rings. The predicted octanol–water partition coefficient (Wildman–Crippen LogP) is 3.76. The highest BCUT2D eigenvalue weighted by Crippen LogP contribution is 2.34. The number of H-pyrrole nitrogens is 1. The van der Waals surface area contributed by atoms with Gasteiger partial charge in [0.1, 0.15) is 10.7 Å². The number of thiophene rings is 1. The van der Waals surface area contributed by atoms with Gasteiger partial charge >= 0.3 is 0 Å². The standard InChI is InChI=1S/C22H25N3O4S/c1-12-10-15(28-2)16(29-3)11-14(12)23-19(26)9-8-18-24-21(27)20-13-6-4-5-7-17(13)30-22(20)25-18/h10-11H,4-9H2,1-3H3,(H,23,26)(H,24,25,27). The van der Waals surface area contributed by atoms with Crippen LogP contribution in [-0.4, -0.2) is 30.1 Å². The molecule has 7 nitrogen and oxygen atoms in total. The van der Waals surface area contributed by atoms with Crippen molar-refractivity contribution in [2.45, 2.75) is 45.4 Å². The maximum atomic E-state index is 12.6. The number of amides is 1. The van der Waals surface area contributed by atoms with Gasteiger partial charge in [0, 0.05) is 29.5 Å². The molecule has 0 radical (unpaired) electrons. The molecule has 0 aliphatic heterocycles. The third-order valence-corrected chi connectivity index (χ3v) is 6.65. The van der Waals surface area contributed by atoms with E-state index in [1.165, 1.54) is 16.9 Å². The van der Waals surface area contributed by atoms with Crippen LogP contribution in [0.1, 0.15) is 41.1 Å². The van der Waals surface area contributed by atoms with Gasteiger partial charge in [0.05, 0.1) is 19.6 Å². The van der Waals surface area contributed by atoms with Gasteiger partial charge in [0.15, 0.2) is 11.5 Å². The van der Waals surface area contributed by atoms with Crippen LogP contribution in [0.5, 0.6) is 11.5 Å². The first kappa shape index (κ1) is 20.4. The summed E-state index contributed by atoms with van der Waals surface area (Å²) in [7, 11) is 3.13. The van der Waals surface area contributed by atoms with Crippen molar-refractivity contribution in [2.24, 2.45) is 0 Å². The Morgan fingerprint density at radius 2 is 1.93 bits per heavy atom. The number of carbonyl (C=O) groups excluding carboxylic acids is 1. The number of ether oxygens (including phenoxy) is 2. The summed E-state index contributed by atoms with van der Waals surface area (Å²) >= 11 is 1.62. The number of fused-ring (bicyclic) bond motifs is 3. The number of methoxy groups -OCH3 is 2. The molecule has 2 heterocycles. The molecule has 158 valence electrons. The van der Waals surface area contributed by atoms with Crippen LogP contribution in [0, 0.1) is 6.92 Å². The van der Waals surface area contributed by atoms with Crippen LogP contribution >= 0.6 is 11.3 Å². The number of carbonyl (C=O) groups is 1. The van der Waals surface area contributed by atoms with Gasteiger partial charge in [-0.25, -0.2) is 4.98 Å². The number of aromatic amines is 1. The molecule has 0 atom stereocenters. The van der Waals surface area contributed by atoms with E-state index >= 15 is 0 Å². The summed E-state index contributed by atoms with van der Waals surface area (Å²) in [6, 6.07) is 3.56. The van der Waals surface area contributed by atoms with E-state index in [0.717, 1.165) is 35.0 Å². The van der Waals surface area contributed by atoms with Gasteiger partial charge < -0.3 is 19.8 Å².